The van der Waals surface area contributed by atoms with E-state index in [1.54, 1.807) is 30.4 Å². The van der Waals surface area contributed by atoms with Crippen molar-refractivity contribution in [2.75, 3.05) is 6.16 Å². The molecule has 0 spiro atoms. The SMILES string of the molecule is C[Si](C)(C)[c-]1cc(C(P)(c2cnccn2)c2cnccn2)c(C2(CP)C3CC4CC(C3)CC2C4)c1.[Fe].[cH-]1[cH-][cH-][cH-][cH-]1. The van der Waals surface area contributed by atoms with Gasteiger partial charge in [-0.1, -0.05) is 25.1 Å². The molecule has 8 rings (SSSR count). The van der Waals surface area contributed by atoms with Crippen molar-refractivity contribution in [1.29, 1.82) is 0 Å². The van der Waals surface area contributed by atoms with Gasteiger partial charge in [0.25, 0.3) is 0 Å². The van der Waals surface area contributed by atoms with Crippen LogP contribution in [0.4, 0.5) is 0 Å². The van der Waals surface area contributed by atoms with E-state index in [-0.39, 0.29) is 22.5 Å². The van der Waals surface area contributed by atoms with Crippen molar-refractivity contribution in [3.8, 4) is 0 Å². The van der Waals surface area contributed by atoms with E-state index in [4.69, 9.17) is 9.97 Å². The van der Waals surface area contributed by atoms with E-state index < -0.39 is 13.2 Å². The molecule has 0 radical (unpaired) electrons. The molecular weight excluding hydrogens is 598 g/mol. The molecule has 0 saturated heterocycles. The third-order valence-corrected chi connectivity index (χ3v) is 13.7. The van der Waals surface area contributed by atoms with Gasteiger partial charge in [0.15, 0.2) is 0 Å². The monoisotopic (exact) mass is 640 g/mol. The van der Waals surface area contributed by atoms with Gasteiger partial charge in [-0.05, 0) is 61.9 Å². The predicted molar refractivity (Wildman–Crippen MR) is 174 cm³/mol. The van der Waals surface area contributed by atoms with E-state index in [0.29, 0.717) is 0 Å². The largest absolute Gasteiger partial charge is 0.748 e. The summed E-state index contributed by atoms with van der Waals surface area (Å²) in [7, 11) is 4.81. The molecule has 4 fully saturated rings. The summed E-state index contributed by atoms with van der Waals surface area (Å²) in [6, 6.07) is 15.1. The van der Waals surface area contributed by atoms with Gasteiger partial charge in [0, 0.05) is 67.5 Å². The minimum atomic E-state index is -1.56. The number of hydrogen-bond donors (Lipinski definition) is 0. The third kappa shape index (κ3) is 5.49. The zero-order valence-corrected chi connectivity index (χ0v) is 28.8. The van der Waals surface area contributed by atoms with Gasteiger partial charge in [-0.2, -0.15) is 28.4 Å². The first-order valence-corrected chi connectivity index (χ1v) is 19.7. The summed E-state index contributed by atoms with van der Waals surface area (Å²) in [5.74, 6) is 3.42. The van der Waals surface area contributed by atoms with Gasteiger partial charge in [0.05, 0.1) is 11.4 Å². The Hall–Kier alpha value is -1.54. The van der Waals surface area contributed by atoms with Crippen LogP contribution in [0.2, 0.25) is 19.6 Å². The Morgan fingerprint density at radius 2 is 1.32 bits per heavy atom. The first-order chi connectivity index (χ1) is 19.3. The number of rotatable bonds is 6. The molecule has 0 amide bonds. The van der Waals surface area contributed by atoms with Crippen LogP contribution in [-0.2, 0) is 27.6 Å². The zero-order chi connectivity index (χ0) is 28.0. The van der Waals surface area contributed by atoms with Gasteiger partial charge >= 0.3 is 0 Å². The Bertz CT molecular complexity index is 1320. The maximum atomic E-state index is 4.86. The van der Waals surface area contributed by atoms with Crippen LogP contribution < -0.4 is 5.19 Å². The number of aromatic nitrogens is 4. The summed E-state index contributed by atoms with van der Waals surface area (Å²) in [6.45, 7) is 7.40. The van der Waals surface area contributed by atoms with Gasteiger partial charge in [0.1, 0.15) is 0 Å². The normalized spacial score (nSPS) is 26.7. The van der Waals surface area contributed by atoms with E-state index in [0.717, 1.165) is 41.2 Å². The molecule has 0 aliphatic heterocycles. The topological polar surface area (TPSA) is 51.6 Å². The first-order valence-electron chi connectivity index (χ1n) is 14.8. The molecule has 8 heteroatoms. The predicted octanol–water partition coefficient (Wildman–Crippen LogP) is 6.67. The first kappa shape index (κ1) is 30.9. The molecule has 41 heavy (non-hydrogen) atoms. The van der Waals surface area contributed by atoms with E-state index in [1.165, 1.54) is 42.9 Å². The summed E-state index contributed by atoms with van der Waals surface area (Å²) in [5, 5.41) is 0.950. The van der Waals surface area contributed by atoms with Crippen LogP contribution in [0.5, 0.6) is 0 Å². The minimum absolute atomic E-state index is 0. The van der Waals surface area contributed by atoms with Gasteiger partial charge < -0.3 is 30.3 Å². The molecule has 2 heterocycles. The molecule has 2 unspecified atom stereocenters. The van der Waals surface area contributed by atoms with Crippen molar-refractivity contribution >= 4 is 31.7 Å². The average molecular weight is 641 g/mol. The fraction of sp³-hybridized carbons (Fsp3) is 0.455. The zero-order valence-electron chi connectivity index (χ0n) is 24.4. The Labute approximate surface area is 262 Å². The molecule has 4 aliphatic rings. The van der Waals surface area contributed by atoms with Crippen LogP contribution in [-0.4, -0.2) is 34.2 Å². The maximum Gasteiger partial charge on any atom is 0.0665 e. The third-order valence-electron chi connectivity index (χ3n) is 10.1. The standard InChI is InChI=1S/C28H37N4P2Si.C5H5.Fe/c1-35(2,3)22-13-23(27(17-33)20-9-18-8-19(11-20)12-21(27)10-18)24(14-22)28(34,25-15-29-4-6-31-25)26-16-30-5-7-32-26;1-2-4-5-3-1;/h4-7,13-16,18-21H,8-12,17,33-34H2,1-3H3;1-5H;/q-1;-5;. The van der Waals surface area contributed by atoms with E-state index in [9.17, 15) is 0 Å². The molecule has 2 aromatic carbocycles. The molecule has 2 atom stereocenters. The maximum absolute atomic E-state index is 4.86. The summed E-state index contributed by atoms with van der Waals surface area (Å²) in [4.78, 5) is 18.7. The Balaban J connectivity index is 0.000000510. The van der Waals surface area contributed by atoms with Crippen molar-refractivity contribution in [2.24, 2.45) is 23.7 Å². The van der Waals surface area contributed by atoms with E-state index in [1.807, 2.05) is 42.7 Å². The number of nitrogens with zero attached hydrogens (tertiary/aromatic N) is 4. The second-order valence-electron chi connectivity index (χ2n) is 13.3. The molecule has 4 nitrogen and oxygen atoms in total. The van der Waals surface area contributed by atoms with Crippen LogP contribution in [0, 0.1) is 23.7 Å². The quantitative estimate of drug-likeness (QED) is 0.134. The smallest absolute Gasteiger partial charge is 0.0665 e. The molecule has 4 aliphatic carbocycles. The van der Waals surface area contributed by atoms with Crippen molar-refractivity contribution in [3.63, 3.8) is 0 Å². The molecule has 2 aromatic heterocycles. The summed E-state index contributed by atoms with van der Waals surface area (Å²) >= 11 is 0. The van der Waals surface area contributed by atoms with Gasteiger partial charge in [-0.25, -0.2) is 0 Å². The average Bonchev–Trinajstić information content (AvgIpc) is 3.68. The van der Waals surface area contributed by atoms with Crippen molar-refractivity contribution in [3.05, 3.63) is 102 Å². The Morgan fingerprint density at radius 1 is 0.829 bits per heavy atom. The van der Waals surface area contributed by atoms with Crippen LogP contribution >= 0.6 is 18.5 Å². The van der Waals surface area contributed by atoms with Crippen LogP contribution in [0.25, 0.3) is 0 Å². The molecule has 4 aromatic rings. The van der Waals surface area contributed by atoms with Crippen LogP contribution in [0.15, 0.2) is 79.6 Å². The van der Waals surface area contributed by atoms with E-state index in [2.05, 4.69) is 60.2 Å². The molecular formula is C33H42FeN4P2Si-6. The summed E-state index contributed by atoms with van der Waals surface area (Å²) in [5.41, 5.74) is 4.96. The van der Waals surface area contributed by atoms with Gasteiger partial charge in [0.2, 0.25) is 0 Å². The Kier molecular flexibility index (Phi) is 9.21. The number of hydrogen-bond acceptors (Lipinski definition) is 4. The molecule has 222 valence electrons. The summed E-state index contributed by atoms with van der Waals surface area (Å²) in [6.07, 6.45) is 19.1. The van der Waals surface area contributed by atoms with Crippen LogP contribution in [0.1, 0.15) is 54.6 Å². The van der Waals surface area contributed by atoms with Crippen molar-refractivity contribution < 1.29 is 17.1 Å². The minimum Gasteiger partial charge on any atom is -0.748 e. The second-order valence-corrected chi connectivity index (χ2v) is 19.7. The van der Waals surface area contributed by atoms with Crippen molar-refractivity contribution in [1.82, 2.24) is 19.9 Å². The fourth-order valence-electron chi connectivity index (χ4n) is 8.29. The van der Waals surface area contributed by atoms with E-state index >= 15 is 0 Å². The van der Waals surface area contributed by atoms with Gasteiger partial charge in [-0.15, -0.1) is 18.5 Å². The molecule has 0 N–H and O–H groups in total. The fourth-order valence-corrected chi connectivity index (χ4v) is 10.9. The molecule has 4 bridgehead atoms. The molecule has 4 saturated carbocycles. The van der Waals surface area contributed by atoms with Crippen molar-refractivity contribution in [2.45, 2.75) is 62.3 Å². The van der Waals surface area contributed by atoms with Crippen LogP contribution in [0.3, 0.4) is 0 Å². The summed E-state index contributed by atoms with van der Waals surface area (Å²) < 4.78 is 0. The second kappa shape index (κ2) is 12.2. The van der Waals surface area contributed by atoms with Gasteiger partial charge in [-0.3, -0.25) is 19.9 Å². The Morgan fingerprint density at radius 3 is 1.71 bits per heavy atom.